The number of benzene rings is 1. The first-order valence-electron chi connectivity index (χ1n) is 5.39. The molecule has 6 heteroatoms. The molecule has 1 aromatic carbocycles. The van der Waals surface area contributed by atoms with Crippen LogP contribution in [0.15, 0.2) is 18.2 Å². The van der Waals surface area contributed by atoms with Gasteiger partial charge in [-0.3, -0.25) is 0 Å². The van der Waals surface area contributed by atoms with Gasteiger partial charge in [-0.25, -0.2) is 4.39 Å². The molecule has 0 aromatic heterocycles. The minimum atomic E-state index is -4.66. The van der Waals surface area contributed by atoms with Crippen LogP contribution in [0.5, 0.6) is 0 Å². The van der Waals surface area contributed by atoms with E-state index in [-0.39, 0.29) is 18.3 Å². The molecule has 1 rings (SSSR count). The normalized spacial score (nSPS) is 14.8. The van der Waals surface area contributed by atoms with Crippen molar-refractivity contribution in [3.05, 3.63) is 35.1 Å². The zero-order chi connectivity index (χ0) is 13.2. The molecular formula is C12H16ClF4N. The monoisotopic (exact) mass is 285 g/mol. The molecule has 0 aliphatic carbocycles. The molecule has 0 aliphatic heterocycles. The van der Waals surface area contributed by atoms with Crippen molar-refractivity contribution in [2.24, 2.45) is 11.7 Å². The van der Waals surface area contributed by atoms with Crippen molar-refractivity contribution in [3.8, 4) is 0 Å². The first-order chi connectivity index (χ1) is 7.77. The van der Waals surface area contributed by atoms with Crippen LogP contribution in [-0.2, 0) is 6.18 Å². The van der Waals surface area contributed by atoms with Gasteiger partial charge in [0.15, 0.2) is 0 Å². The fraction of sp³-hybridized carbons (Fsp3) is 0.500. The number of hydrogen-bond donors (Lipinski definition) is 1. The van der Waals surface area contributed by atoms with Gasteiger partial charge in [-0.1, -0.05) is 26.3 Å². The highest BCUT2D eigenvalue weighted by atomic mass is 35.5. The van der Waals surface area contributed by atoms with E-state index in [0.29, 0.717) is 5.56 Å². The third kappa shape index (κ3) is 3.85. The smallest absolute Gasteiger partial charge is 0.324 e. The number of hydrogen-bond acceptors (Lipinski definition) is 1. The van der Waals surface area contributed by atoms with E-state index < -0.39 is 23.6 Å². The zero-order valence-electron chi connectivity index (χ0n) is 10.1. The molecule has 0 heterocycles. The maximum atomic E-state index is 13.3. The van der Waals surface area contributed by atoms with Gasteiger partial charge in [-0.2, -0.15) is 13.2 Å². The molecule has 1 unspecified atom stereocenters. The summed E-state index contributed by atoms with van der Waals surface area (Å²) in [5.74, 6) is -1.18. The standard InChI is InChI=1S/C12H15F4N.ClH/c1-3-7(2)11(17)8-4-5-9(10(13)6-8)12(14,15)16;/h4-7,11H,3,17H2,1-2H3;1H/t7?,11-;/m0./s1. The maximum absolute atomic E-state index is 13.3. The molecular weight excluding hydrogens is 270 g/mol. The summed E-state index contributed by atoms with van der Waals surface area (Å²) in [6.07, 6.45) is -3.88. The summed E-state index contributed by atoms with van der Waals surface area (Å²) >= 11 is 0. The minimum Gasteiger partial charge on any atom is -0.324 e. The Morgan fingerprint density at radius 2 is 1.83 bits per heavy atom. The van der Waals surface area contributed by atoms with Crippen molar-refractivity contribution in [1.29, 1.82) is 0 Å². The van der Waals surface area contributed by atoms with Crippen LogP contribution in [0.3, 0.4) is 0 Å². The molecule has 2 atom stereocenters. The Morgan fingerprint density at radius 3 is 2.22 bits per heavy atom. The third-order valence-electron chi connectivity index (χ3n) is 2.94. The fourth-order valence-corrected chi connectivity index (χ4v) is 1.55. The van der Waals surface area contributed by atoms with Crippen molar-refractivity contribution in [2.45, 2.75) is 32.5 Å². The molecule has 0 radical (unpaired) electrons. The average Bonchev–Trinajstić information content (AvgIpc) is 2.25. The number of rotatable bonds is 3. The van der Waals surface area contributed by atoms with Crippen LogP contribution in [0, 0.1) is 11.7 Å². The summed E-state index contributed by atoms with van der Waals surface area (Å²) in [7, 11) is 0. The van der Waals surface area contributed by atoms with Gasteiger partial charge in [-0.15, -0.1) is 12.4 Å². The predicted molar refractivity (Wildman–Crippen MR) is 65.0 cm³/mol. The molecule has 1 nitrogen and oxygen atoms in total. The molecule has 0 saturated heterocycles. The Balaban J connectivity index is 0.00000289. The van der Waals surface area contributed by atoms with Crippen LogP contribution in [0.25, 0.3) is 0 Å². The van der Waals surface area contributed by atoms with E-state index in [2.05, 4.69) is 0 Å². The second-order valence-corrected chi connectivity index (χ2v) is 4.15. The topological polar surface area (TPSA) is 26.0 Å². The second-order valence-electron chi connectivity index (χ2n) is 4.15. The molecule has 104 valence electrons. The number of nitrogens with two attached hydrogens (primary N) is 1. The van der Waals surface area contributed by atoms with Gasteiger partial charge in [0.1, 0.15) is 5.82 Å². The van der Waals surface area contributed by atoms with Crippen LogP contribution in [0.2, 0.25) is 0 Å². The maximum Gasteiger partial charge on any atom is 0.419 e. The van der Waals surface area contributed by atoms with E-state index in [4.69, 9.17) is 5.73 Å². The van der Waals surface area contributed by atoms with Gasteiger partial charge in [0.05, 0.1) is 5.56 Å². The van der Waals surface area contributed by atoms with Crippen molar-refractivity contribution < 1.29 is 17.6 Å². The van der Waals surface area contributed by atoms with Gasteiger partial charge >= 0.3 is 6.18 Å². The lowest BCUT2D eigenvalue weighted by atomic mass is 9.92. The molecule has 1 aromatic rings. The third-order valence-corrected chi connectivity index (χ3v) is 2.94. The molecule has 18 heavy (non-hydrogen) atoms. The van der Waals surface area contributed by atoms with Crippen LogP contribution < -0.4 is 5.73 Å². The molecule has 0 aliphatic rings. The molecule has 0 saturated carbocycles. The van der Waals surface area contributed by atoms with E-state index in [1.807, 2.05) is 13.8 Å². The van der Waals surface area contributed by atoms with E-state index in [1.54, 1.807) is 0 Å². The van der Waals surface area contributed by atoms with E-state index in [9.17, 15) is 17.6 Å². The van der Waals surface area contributed by atoms with Gasteiger partial charge < -0.3 is 5.73 Å². The first kappa shape index (κ1) is 17.2. The Labute approximate surface area is 110 Å². The second kappa shape index (κ2) is 6.38. The van der Waals surface area contributed by atoms with Crippen LogP contribution in [0.1, 0.15) is 37.4 Å². The van der Waals surface area contributed by atoms with Gasteiger partial charge in [0.25, 0.3) is 0 Å². The Bertz CT molecular complexity index is 392. The molecule has 0 spiro atoms. The molecule has 0 bridgehead atoms. The Hall–Kier alpha value is -0.810. The average molecular weight is 286 g/mol. The van der Waals surface area contributed by atoms with Gasteiger partial charge in [0, 0.05) is 6.04 Å². The lowest BCUT2D eigenvalue weighted by Crippen LogP contribution is -2.19. The minimum absolute atomic E-state index is 0. The van der Waals surface area contributed by atoms with Crippen molar-refractivity contribution in [2.75, 3.05) is 0 Å². The summed E-state index contributed by atoms with van der Waals surface area (Å²) in [4.78, 5) is 0. The van der Waals surface area contributed by atoms with E-state index in [0.717, 1.165) is 18.6 Å². The highest BCUT2D eigenvalue weighted by Gasteiger charge is 2.34. The predicted octanol–water partition coefficient (Wildman–Crippen LogP) is 4.31. The van der Waals surface area contributed by atoms with Crippen LogP contribution in [0.4, 0.5) is 17.6 Å². The van der Waals surface area contributed by atoms with E-state index >= 15 is 0 Å². The van der Waals surface area contributed by atoms with E-state index in [1.165, 1.54) is 6.07 Å². The lowest BCUT2D eigenvalue weighted by molar-refractivity contribution is -0.140. The summed E-state index contributed by atoms with van der Waals surface area (Å²) in [5.41, 5.74) is 4.97. The summed E-state index contributed by atoms with van der Waals surface area (Å²) in [6.45, 7) is 3.80. The van der Waals surface area contributed by atoms with Crippen LogP contribution in [-0.4, -0.2) is 0 Å². The zero-order valence-corrected chi connectivity index (χ0v) is 10.9. The number of halogens is 5. The van der Waals surface area contributed by atoms with Gasteiger partial charge in [-0.05, 0) is 23.6 Å². The highest BCUT2D eigenvalue weighted by Crippen LogP contribution is 2.33. The molecule has 2 N–H and O–H groups in total. The summed E-state index contributed by atoms with van der Waals surface area (Å²) < 4.78 is 50.3. The largest absolute Gasteiger partial charge is 0.419 e. The number of alkyl halides is 3. The first-order valence-corrected chi connectivity index (χ1v) is 5.39. The summed E-state index contributed by atoms with van der Waals surface area (Å²) in [6, 6.07) is 2.41. The summed E-state index contributed by atoms with van der Waals surface area (Å²) in [5, 5.41) is 0. The lowest BCUT2D eigenvalue weighted by Gasteiger charge is -2.19. The van der Waals surface area contributed by atoms with Crippen molar-refractivity contribution in [3.63, 3.8) is 0 Å². The Morgan fingerprint density at radius 1 is 1.28 bits per heavy atom. The fourth-order valence-electron chi connectivity index (χ4n) is 1.55. The van der Waals surface area contributed by atoms with Crippen molar-refractivity contribution in [1.82, 2.24) is 0 Å². The van der Waals surface area contributed by atoms with Gasteiger partial charge in [0.2, 0.25) is 0 Å². The molecule has 0 amide bonds. The SMILES string of the molecule is CCC(C)[C@H](N)c1ccc(C(F)(F)F)c(F)c1.Cl. The highest BCUT2D eigenvalue weighted by molar-refractivity contribution is 5.85. The van der Waals surface area contributed by atoms with Crippen LogP contribution >= 0.6 is 12.4 Å². The molecule has 0 fully saturated rings. The quantitative estimate of drug-likeness (QED) is 0.823. The Kier molecular flexibility index (Phi) is 6.10. The van der Waals surface area contributed by atoms with Crippen molar-refractivity contribution >= 4 is 12.4 Å².